The van der Waals surface area contributed by atoms with Crippen LogP contribution in [0, 0.1) is 12.7 Å². The molecule has 166 valence electrons. The van der Waals surface area contributed by atoms with Crippen LogP contribution in [-0.4, -0.2) is 34.8 Å². The number of carbonyl (C=O) groups is 1. The maximum atomic E-state index is 13.5. The van der Waals surface area contributed by atoms with Crippen LogP contribution in [0.2, 0.25) is 5.02 Å². The number of amides is 1. The lowest BCUT2D eigenvalue weighted by Crippen LogP contribution is -2.16. The number of carbonyl (C=O) groups excluding carboxylic acids is 1. The van der Waals surface area contributed by atoms with Gasteiger partial charge in [-0.3, -0.25) is 4.79 Å². The lowest BCUT2D eigenvalue weighted by molar-refractivity contribution is -0.116. The minimum absolute atomic E-state index is 0.0160. The highest BCUT2D eigenvalue weighted by Crippen LogP contribution is 2.28. The van der Waals surface area contributed by atoms with Crippen molar-refractivity contribution in [2.75, 3.05) is 11.1 Å². The number of halogens is 2. The number of anilines is 1. The molecule has 11 heteroatoms. The first-order chi connectivity index (χ1) is 15.2. The van der Waals surface area contributed by atoms with Crippen LogP contribution in [0.15, 0.2) is 53.4 Å². The summed E-state index contributed by atoms with van der Waals surface area (Å²) in [5.41, 5.74) is 1.29. The van der Waals surface area contributed by atoms with E-state index in [0.717, 1.165) is 0 Å². The topological polar surface area (TPSA) is 94.0 Å². The monoisotopic (exact) mass is 492 g/mol. The molecule has 0 radical (unpaired) electrons. The standard InChI is InChI=1S/C21H18ClFN4O3S2/c1-13-11-19(27(26-13)21-24-17-9-6-15(23)12-18(17)31-21)25-20(28)3-2-10-32(29,30)16-7-4-14(22)5-8-16/h4-9,11-12H,2-3,10H2,1H3,(H,25,28). The Hall–Kier alpha value is -2.82. The number of hydrogen-bond donors (Lipinski definition) is 1. The Balaban J connectivity index is 1.43. The number of thiazole rings is 1. The largest absolute Gasteiger partial charge is 0.311 e. The molecule has 4 rings (SSSR count). The van der Waals surface area contributed by atoms with Crippen molar-refractivity contribution in [2.24, 2.45) is 0 Å². The molecule has 2 heterocycles. The van der Waals surface area contributed by atoms with Gasteiger partial charge in [-0.2, -0.15) is 9.78 Å². The molecule has 0 fully saturated rings. The van der Waals surface area contributed by atoms with Crippen LogP contribution in [0.5, 0.6) is 0 Å². The molecule has 0 spiro atoms. The second-order valence-corrected chi connectivity index (χ2v) is 10.7. The Morgan fingerprint density at radius 2 is 1.94 bits per heavy atom. The maximum Gasteiger partial charge on any atom is 0.225 e. The van der Waals surface area contributed by atoms with Gasteiger partial charge in [0, 0.05) is 17.5 Å². The first-order valence-corrected chi connectivity index (χ1v) is 12.5. The van der Waals surface area contributed by atoms with Gasteiger partial charge in [-0.25, -0.2) is 17.8 Å². The molecule has 4 aromatic rings. The number of nitrogens with one attached hydrogen (secondary N) is 1. The first kappa shape index (κ1) is 22.4. The fourth-order valence-electron chi connectivity index (χ4n) is 3.10. The van der Waals surface area contributed by atoms with Crippen LogP contribution in [0.25, 0.3) is 15.3 Å². The summed E-state index contributed by atoms with van der Waals surface area (Å²) in [6.45, 7) is 1.78. The fraction of sp³-hybridized carbons (Fsp3) is 0.190. The van der Waals surface area contributed by atoms with Crippen LogP contribution >= 0.6 is 22.9 Å². The normalized spacial score (nSPS) is 11.7. The molecule has 7 nitrogen and oxygen atoms in total. The van der Waals surface area contributed by atoms with Crippen LogP contribution in [0.3, 0.4) is 0 Å². The lowest BCUT2D eigenvalue weighted by atomic mass is 10.3. The summed E-state index contributed by atoms with van der Waals surface area (Å²) in [6, 6.07) is 11.9. The Labute approximate surface area is 192 Å². The van der Waals surface area contributed by atoms with Crippen molar-refractivity contribution in [2.45, 2.75) is 24.7 Å². The second kappa shape index (κ2) is 8.97. The highest BCUT2D eigenvalue weighted by Gasteiger charge is 2.17. The average molecular weight is 493 g/mol. The summed E-state index contributed by atoms with van der Waals surface area (Å²) in [7, 11) is -3.51. The zero-order valence-corrected chi connectivity index (χ0v) is 19.3. The van der Waals surface area contributed by atoms with Gasteiger partial charge in [-0.15, -0.1) is 0 Å². The Morgan fingerprint density at radius 1 is 1.19 bits per heavy atom. The van der Waals surface area contributed by atoms with E-state index in [-0.39, 0.29) is 35.2 Å². The summed E-state index contributed by atoms with van der Waals surface area (Å²) < 4.78 is 40.5. The number of rotatable bonds is 7. The molecule has 0 aliphatic heterocycles. The van der Waals surface area contributed by atoms with Gasteiger partial charge in [-0.05, 0) is 55.8 Å². The van der Waals surface area contributed by atoms with Gasteiger partial charge in [-0.1, -0.05) is 22.9 Å². The zero-order valence-electron chi connectivity index (χ0n) is 16.9. The van der Waals surface area contributed by atoms with Crippen molar-refractivity contribution in [1.29, 1.82) is 0 Å². The molecular weight excluding hydrogens is 475 g/mol. The Kier molecular flexibility index (Phi) is 6.27. The van der Waals surface area contributed by atoms with Crippen molar-refractivity contribution in [1.82, 2.24) is 14.8 Å². The molecule has 0 aliphatic rings. The Morgan fingerprint density at radius 3 is 2.69 bits per heavy atom. The van der Waals surface area contributed by atoms with E-state index in [2.05, 4.69) is 15.4 Å². The predicted octanol–water partition coefficient (Wildman–Crippen LogP) is 4.78. The van der Waals surface area contributed by atoms with E-state index in [1.165, 1.54) is 52.4 Å². The van der Waals surface area contributed by atoms with Crippen molar-refractivity contribution in [3.8, 4) is 5.13 Å². The number of nitrogens with zero attached hydrogens (tertiary/aromatic N) is 3. The smallest absolute Gasteiger partial charge is 0.225 e. The summed E-state index contributed by atoms with van der Waals surface area (Å²) in [6.07, 6.45) is 0.173. The SMILES string of the molecule is Cc1cc(NC(=O)CCCS(=O)(=O)c2ccc(Cl)cc2)n(-c2nc3ccc(F)cc3s2)n1. The van der Waals surface area contributed by atoms with Crippen LogP contribution in [0.4, 0.5) is 10.2 Å². The van der Waals surface area contributed by atoms with Crippen molar-refractivity contribution in [3.63, 3.8) is 0 Å². The molecule has 0 unspecified atom stereocenters. The summed E-state index contributed by atoms with van der Waals surface area (Å²) >= 11 is 7.05. The van der Waals surface area contributed by atoms with E-state index in [1.54, 1.807) is 19.1 Å². The Bertz CT molecular complexity index is 1400. The minimum atomic E-state index is -3.51. The van der Waals surface area contributed by atoms with Crippen molar-refractivity contribution >= 4 is 54.7 Å². The van der Waals surface area contributed by atoms with Crippen LogP contribution < -0.4 is 5.32 Å². The number of hydrogen-bond acceptors (Lipinski definition) is 6. The molecule has 0 aliphatic carbocycles. The molecule has 2 aromatic carbocycles. The molecule has 32 heavy (non-hydrogen) atoms. The molecule has 0 saturated carbocycles. The molecule has 1 amide bonds. The van der Waals surface area contributed by atoms with Crippen molar-refractivity contribution < 1.29 is 17.6 Å². The third-order valence-electron chi connectivity index (χ3n) is 4.61. The van der Waals surface area contributed by atoms with Gasteiger partial charge in [0.2, 0.25) is 11.0 Å². The number of benzene rings is 2. The molecule has 2 aromatic heterocycles. The molecule has 0 saturated heterocycles. The minimum Gasteiger partial charge on any atom is -0.311 e. The van der Waals surface area contributed by atoms with Gasteiger partial charge in [0.1, 0.15) is 11.6 Å². The van der Waals surface area contributed by atoms with E-state index in [1.807, 2.05) is 0 Å². The summed E-state index contributed by atoms with van der Waals surface area (Å²) in [5, 5.41) is 8.07. The van der Waals surface area contributed by atoms with Gasteiger partial charge in [0.15, 0.2) is 9.84 Å². The number of aryl methyl sites for hydroxylation is 1. The molecule has 0 atom stereocenters. The third kappa shape index (κ3) is 4.98. The molecule has 1 N–H and O–H groups in total. The van der Waals surface area contributed by atoms with Crippen LogP contribution in [-0.2, 0) is 14.6 Å². The summed E-state index contributed by atoms with van der Waals surface area (Å²) in [5.74, 6) is -0.451. The van der Waals surface area contributed by atoms with Gasteiger partial charge in [0.05, 0.1) is 26.6 Å². The zero-order chi connectivity index (χ0) is 22.9. The van der Waals surface area contributed by atoms with E-state index in [9.17, 15) is 17.6 Å². The van der Waals surface area contributed by atoms with Gasteiger partial charge >= 0.3 is 0 Å². The third-order valence-corrected chi connectivity index (χ3v) is 7.67. The summed E-state index contributed by atoms with van der Waals surface area (Å²) in [4.78, 5) is 17.1. The van der Waals surface area contributed by atoms with Crippen molar-refractivity contribution in [3.05, 3.63) is 65.1 Å². The maximum absolute atomic E-state index is 13.5. The number of fused-ring (bicyclic) bond motifs is 1. The van der Waals surface area contributed by atoms with E-state index in [0.29, 0.717) is 31.9 Å². The quantitative estimate of drug-likeness (QED) is 0.401. The highest BCUT2D eigenvalue weighted by atomic mass is 35.5. The van der Waals surface area contributed by atoms with Gasteiger partial charge < -0.3 is 5.32 Å². The number of aromatic nitrogens is 3. The lowest BCUT2D eigenvalue weighted by Gasteiger charge is -2.07. The first-order valence-electron chi connectivity index (χ1n) is 9.62. The molecule has 0 bridgehead atoms. The predicted molar refractivity (Wildman–Crippen MR) is 123 cm³/mol. The van der Waals surface area contributed by atoms with Gasteiger partial charge in [0.25, 0.3) is 0 Å². The van der Waals surface area contributed by atoms with E-state index < -0.39 is 9.84 Å². The van der Waals surface area contributed by atoms with E-state index >= 15 is 0 Å². The number of sulfone groups is 1. The second-order valence-electron chi connectivity index (χ2n) is 7.12. The highest BCUT2D eigenvalue weighted by molar-refractivity contribution is 7.91. The fourth-order valence-corrected chi connectivity index (χ4v) is 5.49. The molecular formula is C21H18ClFN4O3S2. The van der Waals surface area contributed by atoms with E-state index in [4.69, 9.17) is 11.6 Å². The van der Waals surface area contributed by atoms with Crippen LogP contribution in [0.1, 0.15) is 18.5 Å². The average Bonchev–Trinajstić information content (AvgIpc) is 3.30.